The van der Waals surface area contributed by atoms with Crippen LogP contribution >= 0.6 is 12.2 Å². The van der Waals surface area contributed by atoms with Crippen LogP contribution in [0.25, 0.3) is 0 Å². The van der Waals surface area contributed by atoms with E-state index < -0.39 is 11.6 Å². The molecular weight excluding hydrogens is 362 g/mol. The Hall–Kier alpha value is -3.07. The number of methoxy groups -OCH3 is 1. The lowest BCUT2D eigenvalue weighted by atomic mass is 10.2. The summed E-state index contributed by atoms with van der Waals surface area (Å²) >= 11 is 5.11. The van der Waals surface area contributed by atoms with E-state index in [-0.39, 0.29) is 16.9 Å². The molecule has 3 aromatic rings. The molecule has 0 atom stereocenters. The second-order valence-corrected chi connectivity index (χ2v) is 5.52. The molecule has 0 spiro atoms. The molecule has 26 heavy (non-hydrogen) atoms. The first kappa shape index (κ1) is 17.7. The number of nitrogens with zero attached hydrogens (tertiary/aromatic N) is 3. The lowest BCUT2D eigenvalue weighted by molar-refractivity contribution is 0.288. The first-order valence-electron chi connectivity index (χ1n) is 7.49. The van der Waals surface area contributed by atoms with Gasteiger partial charge in [-0.1, -0.05) is 6.07 Å². The third-order valence-corrected chi connectivity index (χ3v) is 3.67. The van der Waals surface area contributed by atoms with E-state index in [1.54, 1.807) is 31.4 Å². The van der Waals surface area contributed by atoms with Crippen LogP contribution in [0.1, 0.15) is 11.4 Å². The van der Waals surface area contributed by atoms with Crippen LogP contribution in [0, 0.1) is 16.4 Å². The average molecular weight is 376 g/mol. The maximum absolute atomic E-state index is 13.7. The molecule has 3 rings (SSSR count). The molecule has 134 valence electrons. The van der Waals surface area contributed by atoms with Crippen LogP contribution in [0.5, 0.6) is 11.5 Å². The van der Waals surface area contributed by atoms with Crippen LogP contribution in [0.3, 0.4) is 0 Å². The van der Waals surface area contributed by atoms with Crippen molar-refractivity contribution in [3.05, 3.63) is 70.3 Å². The molecule has 1 aromatic heterocycles. The number of benzene rings is 2. The molecule has 0 saturated heterocycles. The third-order valence-electron chi connectivity index (χ3n) is 3.40. The SMILES string of the molecule is COc1cccc(OCc2n[nH]c(=S)n2/N=C\c2ccc(F)cc2F)c1. The van der Waals surface area contributed by atoms with E-state index in [1.165, 1.54) is 17.0 Å². The highest BCUT2D eigenvalue weighted by Gasteiger charge is 2.08. The first-order chi connectivity index (χ1) is 12.6. The Morgan fingerprint density at radius 1 is 1.23 bits per heavy atom. The second kappa shape index (κ2) is 7.87. The molecule has 0 bridgehead atoms. The van der Waals surface area contributed by atoms with E-state index in [0.717, 1.165) is 12.1 Å². The Kier molecular flexibility index (Phi) is 5.37. The van der Waals surface area contributed by atoms with Gasteiger partial charge in [0.15, 0.2) is 5.82 Å². The molecule has 0 radical (unpaired) electrons. The maximum Gasteiger partial charge on any atom is 0.216 e. The summed E-state index contributed by atoms with van der Waals surface area (Å²) in [6.07, 6.45) is 1.23. The standard InChI is InChI=1S/C17H14F2N4O2S/c1-24-13-3-2-4-14(8-13)25-10-16-21-22-17(26)23(16)20-9-11-5-6-12(18)7-15(11)19/h2-9H,10H2,1H3,(H,22,26)/b20-9-. The van der Waals surface area contributed by atoms with Crippen LogP contribution in [0.4, 0.5) is 8.78 Å². The number of H-pyrrole nitrogens is 1. The topological polar surface area (TPSA) is 64.4 Å². The summed E-state index contributed by atoms with van der Waals surface area (Å²) in [5, 5.41) is 10.7. The summed E-state index contributed by atoms with van der Waals surface area (Å²) in [5.41, 5.74) is 0.120. The number of rotatable bonds is 6. The van der Waals surface area contributed by atoms with E-state index in [1.807, 2.05) is 0 Å². The van der Waals surface area contributed by atoms with Gasteiger partial charge in [-0.05, 0) is 36.5 Å². The van der Waals surface area contributed by atoms with Crippen molar-refractivity contribution in [3.8, 4) is 11.5 Å². The van der Waals surface area contributed by atoms with E-state index in [0.29, 0.717) is 17.3 Å². The van der Waals surface area contributed by atoms with Crippen LogP contribution in [0.2, 0.25) is 0 Å². The molecule has 0 unspecified atom stereocenters. The normalized spacial score (nSPS) is 11.0. The predicted molar refractivity (Wildman–Crippen MR) is 94.1 cm³/mol. The summed E-state index contributed by atoms with van der Waals surface area (Å²) < 4.78 is 39.0. The quantitative estimate of drug-likeness (QED) is 0.526. The Morgan fingerprint density at radius 3 is 2.81 bits per heavy atom. The largest absolute Gasteiger partial charge is 0.497 e. The van der Waals surface area contributed by atoms with Gasteiger partial charge in [-0.2, -0.15) is 14.9 Å². The van der Waals surface area contributed by atoms with Crippen LogP contribution < -0.4 is 9.47 Å². The number of aromatic nitrogens is 3. The van der Waals surface area contributed by atoms with Crippen LogP contribution in [-0.4, -0.2) is 28.2 Å². The molecule has 6 nitrogen and oxygen atoms in total. The fourth-order valence-corrected chi connectivity index (χ4v) is 2.30. The van der Waals surface area contributed by atoms with Gasteiger partial charge in [0, 0.05) is 17.7 Å². The van der Waals surface area contributed by atoms with Crippen molar-refractivity contribution in [2.45, 2.75) is 6.61 Å². The molecule has 0 aliphatic rings. The van der Waals surface area contributed by atoms with Crippen molar-refractivity contribution in [2.75, 3.05) is 7.11 Å². The van der Waals surface area contributed by atoms with E-state index in [9.17, 15) is 8.78 Å². The van der Waals surface area contributed by atoms with E-state index in [4.69, 9.17) is 21.7 Å². The Bertz CT molecular complexity index is 1000. The fraction of sp³-hybridized carbons (Fsp3) is 0.118. The van der Waals surface area contributed by atoms with Crippen LogP contribution in [0.15, 0.2) is 47.6 Å². The van der Waals surface area contributed by atoms with Crippen molar-refractivity contribution in [3.63, 3.8) is 0 Å². The molecular formula is C17H14F2N4O2S. The molecule has 0 aliphatic heterocycles. The monoisotopic (exact) mass is 376 g/mol. The second-order valence-electron chi connectivity index (χ2n) is 5.13. The molecule has 1 N–H and O–H groups in total. The first-order valence-corrected chi connectivity index (χ1v) is 7.90. The van der Waals surface area contributed by atoms with Gasteiger partial charge >= 0.3 is 0 Å². The number of nitrogens with one attached hydrogen (secondary N) is 1. The molecule has 0 amide bonds. The number of ether oxygens (including phenoxy) is 2. The van der Waals surface area contributed by atoms with Gasteiger partial charge in [0.2, 0.25) is 4.77 Å². The van der Waals surface area contributed by atoms with Gasteiger partial charge < -0.3 is 9.47 Å². The zero-order valence-electron chi connectivity index (χ0n) is 13.6. The van der Waals surface area contributed by atoms with E-state index in [2.05, 4.69) is 15.3 Å². The van der Waals surface area contributed by atoms with Crippen molar-refractivity contribution in [2.24, 2.45) is 5.10 Å². The molecule has 1 heterocycles. The van der Waals surface area contributed by atoms with Crippen molar-refractivity contribution >= 4 is 18.4 Å². The zero-order valence-corrected chi connectivity index (χ0v) is 14.5. The summed E-state index contributed by atoms with van der Waals surface area (Å²) in [4.78, 5) is 0. The fourth-order valence-electron chi connectivity index (χ4n) is 2.10. The highest BCUT2D eigenvalue weighted by atomic mass is 32.1. The Balaban J connectivity index is 1.78. The lowest BCUT2D eigenvalue weighted by Gasteiger charge is -2.07. The molecule has 2 aromatic carbocycles. The minimum absolute atomic E-state index is 0.0730. The maximum atomic E-state index is 13.7. The van der Waals surface area contributed by atoms with Crippen molar-refractivity contribution in [1.29, 1.82) is 0 Å². The minimum Gasteiger partial charge on any atom is -0.497 e. The summed E-state index contributed by atoms with van der Waals surface area (Å²) in [7, 11) is 1.56. The van der Waals surface area contributed by atoms with E-state index >= 15 is 0 Å². The zero-order chi connectivity index (χ0) is 18.5. The predicted octanol–water partition coefficient (Wildman–Crippen LogP) is 3.69. The molecule has 0 saturated carbocycles. The number of hydrogen-bond acceptors (Lipinski definition) is 5. The van der Waals surface area contributed by atoms with Gasteiger partial charge in [-0.15, -0.1) is 0 Å². The van der Waals surface area contributed by atoms with Gasteiger partial charge in [-0.25, -0.2) is 13.9 Å². The van der Waals surface area contributed by atoms with Crippen molar-refractivity contribution < 1.29 is 18.3 Å². The van der Waals surface area contributed by atoms with Gasteiger partial charge in [0.05, 0.1) is 13.3 Å². The summed E-state index contributed by atoms with van der Waals surface area (Å²) in [6, 6.07) is 10.3. The minimum atomic E-state index is -0.724. The molecule has 0 fully saturated rings. The van der Waals surface area contributed by atoms with Crippen molar-refractivity contribution in [1.82, 2.24) is 14.9 Å². The summed E-state index contributed by atoms with van der Waals surface area (Å²) in [5.74, 6) is 0.242. The molecule has 0 aliphatic carbocycles. The number of aromatic amines is 1. The third kappa shape index (κ3) is 4.12. The highest BCUT2D eigenvalue weighted by Crippen LogP contribution is 2.19. The Morgan fingerprint density at radius 2 is 2.04 bits per heavy atom. The smallest absolute Gasteiger partial charge is 0.216 e. The lowest BCUT2D eigenvalue weighted by Crippen LogP contribution is -2.04. The number of halogens is 2. The average Bonchev–Trinajstić information content (AvgIpc) is 2.99. The van der Waals surface area contributed by atoms with Gasteiger partial charge in [0.25, 0.3) is 0 Å². The van der Waals surface area contributed by atoms with Gasteiger partial charge in [0.1, 0.15) is 29.7 Å². The van der Waals surface area contributed by atoms with Crippen LogP contribution in [-0.2, 0) is 6.61 Å². The summed E-state index contributed by atoms with van der Waals surface area (Å²) in [6.45, 7) is 0.0730. The molecule has 9 heteroatoms. The highest BCUT2D eigenvalue weighted by molar-refractivity contribution is 7.71. The number of hydrogen-bond donors (Lipinski definition) is 1. The van der Waals surface area contributed by atoms with Gasteiger partial charge in [-0.3, -0.25) is 0 Å². The Labute approximate surface area is 152 Å².